The highest BCUT2D eigenvalue weighted by molar-refractivity contribution is 5.38. The van der Waals surface area contributed by atoms with Crippen LogP contribution in [-0.2, 0) is 6.54 Å². The van der Waals surface area contributed by atoms with Gasteiger partial charge in [0.25, 0.3) is 0 Å². The van der Waals surface area contributed by atoms with Crippen LogP contribution in [0.15, 0.2) is 36.7 Å². The fourth-order valence-electron chi connectivity index (χ4n) is 2.28. The van der Waals surface area contributed by atoms with Crippen molar-refractivity contribution in [2.45, 2.75) is 32.9 Å². The van der Waals surface area contributed by atoms with E-state index in [0.717, 1.165) is 25.3 Å². The van der Waals surface area contributed by atoms with Gasteiger partial charge in [-0.15, -0.1) is 0 Å². The van der Waals surface area contributed by atoms with Gasteiger partial charge in [-0.2, -0.15) is 5.10 Å². The molecule has 0 radical (unpaired) electrons. The summed E-state index contributed by atoms with van der Waals surface area (Å²) in [5.41, 5.74) is 2.42. The second-order valence-corrected chi connectivity index (χ2v) is 5.04. The van der Waals surface area contributed by atoms with Gasteiger partial charge in [0.1, 0.15) is 5.75 Å². The molecule has 1 heterocycles. The standard InChI is InChI=1S/C16H23N3O/c1-13-6-7-15(16(12-13)20-3)14(2)17-8-4-10-19-11-5-9-18-19/h5-7,9,11-12,14,17H,4,8,10H2,1-3H3. The monoisotopic (exact) mass is 273 g/mol. The topological polar surface area (TPSA) is 39.1 Å². The molecule has 4 heteroatoms. The number of hydrogen-bond donors (Lipinski definition) is 1. The summed E-state index contributed by atoms with van der Waals surface area (Å²) >= 11 is 0. The van der Waals surface area contributed by atoms with Crippen molar-refractivity contribution in [2.75, 3.05) is 13.7 Å². The van der Waals surface area contributed by atoms with Crippen LogP contribution in [0.5, 0.6) is 5.75 Å². The van der Waals surface area contributed by atoms with Crippen molar-refractivity contribution in [1.29, 1.82) is 0 Å². The molecule has 108 valence electrons. The zero-order valence-corrected chi connectivity index (χ0v) is 12.5. The molecule has 0 fully saturated rings. The minimum Gasteiger partial charge on any atom is -0.496 e. The van der Waals surface area contributed by atoms with Crippen LogP contribution in [-0.4, -0.2) is 23.4 Å². The average molecular weight is 273 g/mol. The van der Waals surface area contributed by atoms with E-state index in [1.807, 2.05) is 23.1 Å². The molecule has 0 aliphatic carbocycles. The summed E-state index contributed by atoms with van der Waals surface area (Å²) in [5, 5.41) is 7.73. The Kier molecular flexibility index (Phi) is 5.18. The van der Waals surface area contributed by atoms with E-state index in [2.05, 4.69) is 42.5 Å². The summed E-state index contributed by atoms with van der Waals surface area (Å²) in [6, 6.07) is 8.58. The van der Waals surface area contributed by atoms with E-state index < -0.39 is 0 Å². The van der Waals surface area contributed by atoms with Crippen LogP contribution in [0.3, 0.4) is 0 Å². The highest BCUT2D eigenvalue weighted by Gasteiger charge is 2.10. The molecular weight excluding hydrogens is 250 g/mol. The highest BCUT2D eigenvalue weighted by atomic mass is 16.5. The van der Waals surface area contributed by atoms with Crippen LogP contribution in [0.2, 0.25) is 0 Å². The third-order valence-corrected chi connectivity index (χ3v) is 3.43. The summed E-state index contributed by atoms with van der Waals surface area (Å²) in [7, 11) is 1.72. The van der Waals surface area contributed by atoms with Crippen molar-refractivity contribution < 1.29 is 4.74 Å². The molecule has 0 amide bonds. The van der Waals surface area contributed by atoms with Gasteiger partial charge in [-0.05, 0) is 44.5 Å². The lowest BCUT2D eigenvalue weighted by molar-refractivity contribution is 0.400. The molecule has 1 aromatic heterocycles. The largest absolute Gasteiger partial charge is 0.496 e. The molecule has 4 nitrogen and oxygen atoms in total. The summed E-state index contributed by atoms with van der Waals surface area (Å²) in [6.45, 7) is 6.14. The first kappa shape index (κ1) is 14.6. The van der Waals surface area contributed by atoms with E-state index in [-0.39, 0.29) is 6.04 Å². The fourth-order valence-corrected chi connectivity index (χ4v) is 2.28. The molecule has 2 rings (SSSR count). The number of rotatable bonds is 7. The van der Waals surface area contributed by atoms with Crippen LogP contribution in [0.4, 0.5) is 0 Å². The Morgan fingerprint density at radius 2 is 2.25 bits per heavy atom. The second-order valence-electron chi connectivity index (χ2n) is 5.04. The van der Waals surface area contributed by atoms with Gasteiger partial charge in [0.2, 0.25) is 0 Å². The normalized spacial score (nSPS) is 12.3. The molecule has 0 saturated heterocycles. The van der Waals surface area contributed by atoms with Crippen LogP contribution < -0.4 is 10.1 Å². The van der Waals surface area contributed by atoms with Gasteiger partial charge in [-0.25, -0.2) is 0 Å². The SMILES string of the molecule is COc1cc(C)ccc1C(C)NCCCn1cccn1. The van der Waals surface area contributed by atoms with Crippen LogP contribution in [0.1, 0.15) is 30.5 Å². The van der Waals surface area contributed by atoms with E-state index in [9.17, 15) is 0 Å². The quantitative estimate of drug-likeness (QED) is 0.788. The average Bonchev–Trinajstić information content (AvgIpc) is 2.96. The maximum absolute atomic E-state index is 5.46. The van der Waals surface area contributed by atoms with Crippen molar-refractivity contribution in [1.82, 2.24) is 15.1 Å². The first-order valence-corrected chi connectivity index (χ1v) is 7.06. The van der Waals surface area contributed by atoms with Gasteiger partial charge < -0.3 is 10.1 Å². The predicted octanol–water partition coefficient (Wildman–Crippen LogP) is 2.94. The Morgan fingerprint density at radius 1 is 1.40 bits per heavy atom. The van der Waals surface area contributed by atoms with Gasteiger partial charge in [0.15, 0.2) is 0 Å². The van der Waals surface area contributed by atoms with E-state index in [4.69, 9.17) is 4.74 Å². The van der Waals surface area contributed by atoms with Crippen molar-refractivity contribution in [3.63, 3.8) is 0 Å². The molecule has 0 saturated carbocycles. The molecule has 0 aliphatic rings. The molecule has 0 aliphatic heterocycles. The van der Waals surface area contributed by atoms with E-state index >= 15 is 0 Å². The van der Waals surface area contributed by atoms with E-state index in [0.29, 0.717) is 0 Å². The predicted molar refractivity (Wildman–Crippen MR) is 81.0 cm³/mol. The highest BCUT2D eigenvalue weighted by Crippen LogP contribution is 2.25. The van der Waals surface area contributed by atoms with Crippen molar-refractivity contribution in [2.24, 2.45) is 0 Å². The molecule has 0 spiro atoms. The molecular formula is C16H23N3O. The number of nitrogens with one attached hydrogen (secondary N) is 1. The molecule has 20 heavy (non-hydrogen) atoms. The third kappa shape index (κ3) is 3.84. The lowest BCUT2D eigenvalue weighted by Crippen LogP contribution is -2.21. The van der Waals surface area contributed by atoms with E-state index in [1.54, 1.807) is 7.11 Å². The zero-order chi connectivity index (χ0) is 14.4. The van der Waals surface area contributed by atoms with Crippen molar-refractivity contribution in [3.8, 4) is 5.75 Å². The number of methoxy groups -OCH3 is 1. The number of benzene rings is 1. The van der Waals surface area contributed by atoms with Gasteiger partial charge in [-0.1, -0.05) is 12.1 Å². The summed E-state index contributed by atoms with van der Waals surface area (Å²) in [5.74, 6) is 0.956. The Morgan fingerprint density at radius 3 is 2.95 bits per heavy atom. The van der Waals surface area contributed by atoms with Gasteiger partial charge in [0, 0.05) is 30.5 Å². The Bertz CT molecular complexity index is 523. The first-order chi connectivity index (χ1) is 9.70. The summed E-state index contributed by atoms with van der Waals surface area (Å²) in [4.78, 5) is 0. The van der Waals surface area contributed by atoms with Crippen molar-refractivity contribution in [3.05, 3.63) is 47.8 Å². The third-order valence-electron chi connectivity index (χ3n) is 3.43. The van der Waals surface area contributed by atoms with Gasteiger partial charge in [0.05, 0.1) is 7.11 Å². The van der Waals surface area contributed by atoms with E-state index in [1.165, 1.54) is 11.1 Å². The Balaban J connectivity index is 1.83. The minimum absolute atomic E-state index is 0.281. The van der Waals surface area contributed by atoms with Crippen LogP contribution >= 0.6 is 0 Å². The smallest absolute Gasteiger partial charge is 0.123 e. The van der Waals surface area contributed by atoms with Crippen LogP contribution in [0.25, 0.3) is 0 Å². The first-order valence-electron chi connectivity index (χ1n) is 7.06. The second kappa shape index (κ2) is 7.10. The van der Waals surface area contributed by atoms with Crippen molar-refractivity contribution >= 4 is 0 Å². The zero-order valence-electron chi connectivity index (χ0n) is 12.5. The van der Waals surface area contributed by atoms with Gasteiger partial charge >= 0.3 is 0 Å². The molecule has 1 aromatic carbocycles. The number of hydrogen-bond acceptors (Lipinski definition) is 3. The maximum atomic E-state index is 5.46. The fraction of sp³-hybridized carbons (Fsp3) is 0.438. The number of nitrogens with zero attached hydrogens (tertiary/aromatic N) is 2. The lowest BCUT2D eigenvalue weighted by Gasteiger charge is -2.17. The maximum Gasteiger partial charge on any atom is 0.123 e. The molecule has 1 unspecified atom stereocenters. The molecule has 0 bridgehead atoms. The summed E-state index contributed by atoms with van der Waals surface area (Å²) < 4.78 is 7.42. The number of aryl methyl sites for hydroxylation is 2. The molecule has 2 aromatic rings. The number of aromatic nitrogens is 2. The Hall–Kier alpha value is -1.81. The Labute approximate surface area is 120 Å². The summed E-state index contributed by atoms with van der Waals surface area (Å²) in [6.07, 6.45) is 4.86. The number of ether oxygens (including phenoxy) is 1. The molecule has 1 N–H and O–H groups in total. The minimum atomic E-state index is 0.281. The van der Waals surface area contributed by atoms with Gasteiger partial charge in [-0.3, -0.25) is 4.68 Å². The van der Waals surface area contributed by atoms with Crippen LogP contribution in [0, 0.1) is 6.92 Å². The lowest BCUT2D eigenvalue weighted by atomic mass is 10.0. The molecule has 1 atom stereocenters.